The van der Waals surface area contributed by atoms with E-state index in [1.165, 1.54) is 70.3 Å². The molecule has 31 heavy (non-hydrogen) atoms. The smallest absolute Gasteiger partial charge is 0.336 e. The number of aryl methyl sites for hydroxylation is 1. The summed E-state index contributed by atoms with van der Waals surface area (Å²) in [5.41, 5.74) is 1.70. The highest BCUT2D eigenvalue weighted by atomic mass is 16.4. The van der Waals surface area contributed by atoms with Crippen molar-refractivity contribution in [2.24, 2.45) is 0 Å². The van der Waals surface area contributed by atoms with Crippen LogP contribution >= 0.6 is 0 Å². The van der Waals surface area contributed by atoms with Crippen LogP contribution in [0.2, 0.25) is 0 Å². The lowest BCUT2D eigenvalue weighted by molar-refractivity contribution is 0.0650. The number of carbonyl (C=O) groups is 2. The van der Waals surface area contributed by atoms with Crippen LogP contribution in [0.4, 0.5) is 0 Å². The number of carboxylic acid groups (broad SMARTS) is 2. The molecule has 0 radical (unpaired) electrons. The first-order chi connectivity index (χ1) is 15.0. The normalized spacial score (nSPS) is 11.0. The molecule has 0 fully saturated rings. The summed E-state index contributed by atoms with van der Waals surface area (Å²) in [7, 11) is 0. The average Bonchev–Trinajstić information content (AvgIpc) is 2.74. The molecule has 4 nitrogen and oxygen atoms in total. The Kier molecular flexibility index (Phi) is 14.7. The van der Waals surface area contributed by atoms with E-state index in [0.717, 1.165) is 49.7 Å². The Balaban J connectivity index is 2.63. The maximum absolute atomic E-state index is 11.9. The van der Waals surface area contributed by atoms with Crippen molar-refractivity contribution < 1.29 is 19.8 Å². The number of carboxylic acids is 2. The molecule has 0 aliphatic rings. The molecule has 1 rings (SSSR count). The summed E-state index contributed by atoms with van der Waals surface area (Å²) in [6.45, 7) is 4.41. The van der Waals surface area contributed by atoms with Gasteiger partial charge >= 0.3 is 11.9 Å². The number of hydrogen-bond donors (Lipinski definition) is 2. The van der Waals surface area contributed by atoms with Gasteiger partial charge in [-0.15, -0.1) is 0 Å². The third-order valence-electron chi connectivity index (χ3n) is 6.18. The zero-order valence-corrected chi connectivity index (χ0v) is 19.9. The molecule has 4 heteroatoms. The van der Waals surface area contributed by atoms with Crippen molar-refractivity contribution in [3.8, 4) is 0 Å². The molecule has 1 aromatic rings. The fraction of sp³-hybridized carbons (Fsp3) is 0.704. The molecule has 0 heterocycles. The first kappa shape index (κ1) is 27.2. The van der Waals surface area contributed by atoms with Gasteiger partial charge in [-0.1, -0.05) is 103 Å². The van der Waals surface area contributed by atoms with E-state index in [4.69, 9.17) is 0 Å². The lowest BCUT2D eigenvalue weighted by Crippen LogP contribution is -2.14. The second kappa shape index (κ2) is 16.8. The number of aromatic carboxylic acids is 2. The third-order valence-corrected chi connectivity index (χ3v) is 6.18. The van der Waals surface area contributed by atoms with Gasteiger partial charge in [-0.25, -0.2) is 9.59 Å². The Morgan fingerprint density at radius 3 is 1.52 bits per heavy atom. The van der Waals surface area contributed by atoms with E-state index >= 15 is 0 Å². The number of rotatable bonds is 19. The molecule has 2 N–H and O–H groups in total. The summed E-state index contributed by atoms with van der Waals surface area (Å²) in [4.78, 5) is 23.5. The van der Waals surface area contributed by atoms with Crippen molar-refractivity contribution in [2.45, 2.75) is 123 Å². The SMILES string of the molecule is CCCCCCCCCCCCc1ccc(C(=O)O)c(C(=O)O)c1CCCCCCC. The zero-order chi connectivity index (χ0) is 22.9. The number of hydrogen-bond acceptors (Lipinski definition) is 2. The van der Waals surface area contributed by atoms with Crippen molar-refractivity contribution in [1.29, 1.82) is 0 Å². The van der Waals surface area contributed by atoms with E-state index in [0.29, 0.717) is 6.42 Å². The van der Waals surface area contributed by atoms with Gasteiger partial charge in [0.2, 0.25) is 0 Å². The van der Waals surface area contributed by atoms with Crippen LogP contribution in [0.15, 0.2) is 12.1 Å². The lowest BCUT2D eigenvalue weighted by atomic mass is 9.89. The molecule has 0 bridgehead atoms. The summed E-state index contributed by atoms with van der Waals surface area (Å²) in [5.74, 6) is -2.28. The number of unbranched alkanes of at least 4 members (excludes halogenated alkanes) is 13. The van der Waals surface area contributed by atoms with Gasteiger partial charge in [0, 0.05) is 0 Å². The highest BCUT2D eigenvalue weighted by molar-refractivity contribution is 6.03. The first-order valence-corrected chi connectivity index (χ1v) is 12.6. The molecule has 0 unspecified atom stereocenters. The van der Waals surface area contributed by atoms with Gasteiger partial charge in [0.25, 0.3) is 0 Å². The quantitative estimate of drug-likeness (QED) is 0.217. The third kappa shape index (κ3) is 10.8. The highest BCUT2D eigenvalue weighted by Crippen LogP contribution is 2.25. The van der Waals surface area contributed by atoms with Gasteiger partial charge in [0.1, 0.15) is 0 Å². The standard InChI is InChI=1S/C27H44O4/c1-3-5-7-9-10-11-12-13-15-16-18-22-20-21-24(26(28)29)25(27(30)31)23(22)19-17-14-8-6-4-2/h20-21H,3-19H2,1-2H3,(H,28,29)(H,30,31). The molecule has 0 amide bonds. The molecule has 1 aromatic carbocycles. The molecule has 0 aliphatic heterocycles. The predicted molar refractivity (Wildman–Crippen MR) is 128 cm³/mol. The highest BCUT2D eigenvalue weighted by Gasteiger charge is 2.22. The van der Waals surface area contributed by atoms with Gasteiger partial charge < -0.3 is 10.2 Å². The van der Waals surface area contributed by atoms with Gasteiger partial charge in [-0.05, 0) is 42.9 Å². The van der Waals surface area contributed by atoms with Gasteiger partial charge in [0.05, 0.1) is 11.1 Å². The van der Waals surface area contributed by atoms with Crippen LogP contribution in [-0.2, 0) is 12.8 Å². The summed E-state index contributed by atoms with van der Waals surface area (Å²) >= 11 is 0. The lowest BCUT2D eigenvalue weighted by Gasteiger charge is -2.15. The fourth-order valence-electron chi connectivity index (χ4n) is 4.34. The number of benzene rings is 1. The van der Waals surface area contributed by atoms with E-state index in [-0.39, 0.29) is 11.1 Å². The maximum Gasteiger partial charge on any atom is 0.336 e. The summed E-state index contributed by atoms with van der Waals surface area (Å²) in [6.07, 6.45) is 19.6. The first-order valence-electron chi connectivity index (χ1n) is 12.6. The van der Waals surface area contributed by atoms with Crippen LogP contribution < -0.4 is 0 Å². The topological polar surface area (TPSA) is 74.6 Å². The zero-order valence-electron chi connectivity index (χ0n) is 19.9. The monoisotopic (exact) mass is 432 g/mol. The molecule has 176 valence electrons. The Morgan fingerprint density at radius 1 is 0.613 bits per heavy atom. The van der Waals surface area contributed by atoms with Gasteiger partial charge in [0.15, 0.2) is 0 Å². The molecule has 0 saturated carbocycles. The Morgan fingerprint density at radius 2 is 1.06 bits per heavy atom. The van der Waals surface area contributed by atoms with E-state index in [1.54, 1.807) is 0 Å². The largest absolute Gasteiger partial charge is 0.478 e. The molecule has 0 spiro atoms. The van der Waals surface area contributed by atoms with Crippen molar-refractivity contribution in [3.63, 3.8) is 0 Å². The van der Waals surface area contributed by atoms with Crippen molar-refractivity contribution in [1.82, 2.24) is 0 Å². The minimum absolute atomic E-state index is 0.00701. The second-order valence-corrected chi connectivity index (χ2v) is 8.83. The average molecular weight is 433 g/mol. The fourth-order valence-corrected chi connectivity index (χ4v) is 4.34. The van der Waals surface area contributed by atoms with E-state index in [2.05, 4.69) is 13.8 Å². The molecule has 0 aromatic heterocycles. The van der Waals surface area contributed by atoms with Gasteiger partial charge in [-0.3, -0.25) is 0 Å². The summed E-state index contributed by atoms with van der Waals surface area (Å²) < 4.78 is 0. The van der Waals surface area contributed by atoms with Crippen molar-refractivity contribution in [2.75, 3.05) is 0 Å². The Bertz CT molecular complexity index is 651. The predicted octanol–water partition coefficient (Wildman–Crippen LogP) is 8.06. The van der Waals surface area contributed by atoms with Crippen LogP contribution in [0.25, 0.3) is 0 Å². The molecule has 0 saturated heterocycles. The van der Waals surface area contributed by atoms with Gasteiger partial charge in [-0.2, -0.15) is 0 Å². The van der Waals surface area contributed by atoms with Crippen molar-refractivity contribution in [3.05, 3.63) is 34.4 Å². The van der Waals surface area contributed by atoms with Crippen molar-refractivity contribution >= 4 is 11.9 Å². The summed E-state index contributed by atoms with van der Waals surface area (Å²) in [6, 6.07) is 3.34. The van der Waals surface area contributed by atoms with Crippen LogP contribution in [0.3, 0.4) is 0 Å². The maximum atomic E-state index is 11.9. The van der Waals surface area contributed by atoms with E-state index in [1.807, 2.05) is 6.07 Å². The molecule has 0 atom stereocenters. The summed E-state index contributed by atoms with van der Waals surface area (Å²) in [5, 5.41) is 19.2. The minimum Gasteiger partial charge on any atom is -0.478 e. The van der Waals surface area contributed by atoms with E-state index < -0.39 is 11.9 Å². The van der Waals surface area contributed by atoms with Crippen LogP contribution in [-0.4, -0.2) is 22.2 Å². The minimum atomic E-state index is -1.16. The molecular weight excluding hydrogens is 388 g/mol. The molecule has 0 aliphatic carbocycles. The second-order valence-electron chi connectivity index (χ2n) is 8.83. The Hall–Kier alpha value is -1.84. The molecular formula is C27H44O4. The van der Waals surface area contributed by atoms with Crippen LogP contribution in [0.5, 0.6) is 0 Å². The Labute approximate surface area is 189 Å². The van der Waals surface area contributed by atoms with Crippen LogP contribution in [0, 0.1) is 0 Å². The van der Waals surface area contributed by atoms with Crippen LogP contribution in [0.1, 0.15) is 142 Å². The van der Waals surface area contributed by atoms with E-state index in [9.17, 15) is 19.8 Å².